The van der Waals surface area contributed by atoms with Crippen LogP contribution in [0.5, 0.6) is 0 Å². The first-order valence-corrected chi connectivity index (χ1v) is 7.46. The highest BCUT2D eigenvalue weighted by atomic mass is 16.6. The molecule has 21 heavy (non-hydrogen) atoms. The molecule has 0 bridgehead atoms. The Hall–Kier alpha value is -1.36. The van der Waals surface area contributed by atoms with Gasteiger partial charge in [0.1, 0.15) is 5.60 Å². The molecule has 2 N–H and O–H groups in total. The van der Waals surface area contributed by atoms with Gasteiger partial charge in [0.25, 0.3) is 0 Å². The number of carbonyl (C=O) groups is 1. The Morgan fingerprint density at radius 1 is 1.38 bits per heavy atom. The van der Waals surface area contributed by atoms with Crippen LogP contribution < -0.4 is 5.32 Å². The van der Waals surface area contributed by atoms with E-state index in [9.17, 15) is 4.79 Å². The molecule has 1 aliphatic rings. The summed E-state index contributed by atoms with van der Waals surface area (Å²) in [6.07, 6.45) is 0. The van der Waals surface area contributed by atoms with Crippen LogP contribution in [0, 0.1) is 12.8 Å². The zero-order valence-corrected chi connectivity index (χ0v) is 14.1. The van der Waals surface area contributed by atoms with Crippen LogP contribution in [0.4, 0.5) is 0 Å². The highest BCUT2D eigenvalue weighted by molar-refractivity contribution is 5.77. The fourth-order valence-corrected chi connectivity index (χ4v) is 3.28. The summed E-state index contributed by atoms with van der Waals surface area (Å²) in [5.74, 6) is -0.451. The second-order valence-corrected chi connectivity index (χ2v) is 7.90. The van der Waals surface area contributed by atoms with Gasteiger partial charge in [-0.1, -0.05) is 6.92 Å². The number of aromatic amines is 1. The van der Waals surface area contributed by atoms with Crippen molar-refractivity contribution < 1.29 is 9.53 Å². The van der Waals surface area contributed by atoms with Gasteiger partial charge in [0, 0.05) is 23.2 Å². The van der Waals surface area contributed by atoms with Crippen LogP contribution >= 0.6 is 0 Å². The van der Waals surface area contributed by atoms with Gasteiger partial charge in [0.2, 0.25) is 0 Å². The summed E-state index contributed by atoms with van der Waals surface area (Å²) in [6.45, 7) is 14.5. The summed E-state index contributed by atoms with van der Waals surface area (Å²) in [4.78, 5) is 12.8. The molecule has 0 saturated carbocycles. The normalized spacial score (nSPS) is 28.6. The van der Waals surface area contributed by atoms with Gasteiger partial charge in [0.05, 0.1) is 11.6 Å². The van der Waals surface area contributed by atoms with Crippen molar-refractivity contribution in [3.8, 4) is 0 Å². The number of hydrogen-bond acceptors (Lipinski definition) is 4. The summed E-state index contributed by atoms with van der Waals surface area (Å²) >= 11 is 0. The van der Waals surface area contributed by atoms with Gasteiger partial charge >= 0.3 is 5.97 Å². The van der Waals surface area contributed by atoms with Gasteiger partial charge in [-0.3, -0.25) is 9.89 Å². The van der Waals surface area contributed by atoms with E-state index in [1.54, 1.807) is 0 Å². The molecule has 5 nitrogen and oxygen atoms in total. The van der Waals surface area contributed by atoms with E-state index in [-0.39, 0.29) is 22.8 Å². The third-order valence-corrected chi connectivity index (χ3v) is 4.20. The van der Waals surface area contributed by atoms with Crippen molar-refractivity contribution in [3.05, 3.63) is 17.5 Å². The number of rotatable bonds is 2. The average Bonchev–Trinajstić information content (AvgIpc) is 2.80. The van der Waals surface area contributed by atoms with Crippen LogP contribution in [0.15, 0.2) is 6.07 Å². The Morgan fingerprint density at radius 3 is 2.48 bits per heavy atom. The molecule has 1 fully saturated rings. The predicted molar refractivity (Wildman–Crippen MR) is 82.1 cm³/mol. The Bertz CT molecular complexity index is 542. The molecule has 1 aromatic rings. The minimum Gasteiger partial charge on any atom is -0.460 e. The Balaban J connectivity index is 2.39. The van der Waals surface area contributed by atoms with E-state index in [4.69, 9.17) is 4.74 Å². The maximum atomic E-state index is 12.8. The highest BCUT2D eigenvalue weighted by Crippen LogP contribution is 2.43. The van der Waals surface area contributed by atoms with Crippen molar-refractivity contribution in [2.24, 2.45) is 5.92 Å². The molecule has 0 radical (unpaired) electrons. The molecule has 1 aliphatic heterocycles. The first-order valence-electron chi connectivity index (χ1n) is 7.46. The smallest absolute Gasteiger partial charge is 0.312 e. The lowest BCUT2D eigenvalue weighted by atomic mass is 9.70. The number of esters is 1. The molecule has 2 heterocycles. The second-order valence-electron chi connectivity index (χ2n) is 7.90. The second kappa shape index (κ2) is 4.83. The van der Waals surface area contributed by atoms with E-state index in [0.717, 1.165) is 11.4 Å². The van der Waals surface area contributed by atoms with Crippen LogP contribution in [0.25, 0.3) is 0 Å². The average molecular weight is 293 g/mol. The standard InChI is InChI=1S/C16H27N3O2/c1-10-8-11(19-18-10)16(7)9-17-15(5,6)12(16)13(20)21-14(2,3)4/h8,12,17H,9H2,1-7H3,(H,18,19). The fraction of sp³-hybridized carbons (Fsp3) is 0.750. The lowest BCUT2D eigenvalue weighted by molar-refractivity contribution is -0.163. The maximum Gasteiger partial charge on any atom is 0.312 e. The largest absolute Gasteiger partial charge is 0.460 e. The number of carbonyl (C=O) groups excluding carboxylic acids is 1. The van der Waals surface area contributed by atoms with Crippen molar-refractivity contribution in [2.75, 3.05) is 6.54 Å². The zero-order chi connectivity index (χ0) is 16.1. The molecular formula is C16H27N3O2. The first-order chi connectivity index (χ1) is 9.46. The number of ether oxygens (including phenoxy) is 1. The highest BCUT2D eigenvalue weighted by Gasteiger charge is 2.56. The molecule has 0 amide bonds. The quantitative estimate of drug-likeness (QED) is 0.821. The molecule has 0 aromatic carbocycles. The molecule has 5 heteroatoms. The number of aromatic nitrogens is 2. The number of aryl methyl sites for hydroxylation is 1. The van der Waals surface area contributed by atoms with Gasteiger partial charge in [-0.2, -0.15) is 5.10 Å². The van der Waals surface area contributed by atoms with Gasteiger partial charge in [0.15, 0.2) is 0 Å². The fourth-order valence-electron chi connectivity index (χ4n) is 3.28. The topological polar surface area (TPSA) is 67.0 Å². The van der Waals surface area contributed by atoms with Crippen molar-refractivity contribution in [3.63, 3.8) is 0 Å². The lowest BCUT2D eigenvalue weighted by Crippen LogP contribution is -2.48. The first kappa shape index (κ1) is 16.0. The summed E-state index contributed by atoms with van der Waals surface area (Å²) in [7, 11) is 0. The molecular weight excluding hydrogens is 266 g/mol. The van der Waals surface area contributed by atoms with Gasteiger partial charge in [-0.05, 0) is 47.6 Å². The van der Waals surface area contributed by atoms with E-state index in [2.05, 4.69) is 22.4 Å². The van der Waals surface area contributed by atoms with E-state index in [0.29, 0.717) is 6.54 Å². The number of nitrogens with zero attached hydrogens (tertiary/aromatic N) is 1. The van der Waals surface area contributed by atoms with Crippen molar-refractivity contribution in [1.82, 2.24) is 15.5 Å². The number of H-pyrrole nitrogens is 1. The van der Waals surface area contributed by atoms with Gasteiger partial charge in [-0.25, -0.2) is 0 Å². The molecule has 2 atom stereocenters. The van der Waals surface area contributed by atoms with E-state index in [1.807, 2.05) is 47.6 Å². The summed E-state index contributed by atoms with van der Waals surface area (Å²) in [5, 5.41) is 10.8. The van der Waals surface area contributed by atoms with Crippen molar-refractivity contribution in [1.29, 1.82) is 0 Å². The SMILES string of the molecule is Cc1cc(C2(C)CNC(C)(C)C2C(=O)OC(C)(C)C)n[nH]1. The maximum absolute atomic E-state index is 12.8. The third kappa shape index (κ3) is 2.98. The zero-order valence-electron chi connectivity index (χ0n) is 14.1. The van der Waals surface area contributed by atoms with Gasteiger partial charge in [-0.15, -0.1) is 0 Å². The summed E-state index contributed by atoms with van der Waals surface area (Å²) in [5.41, 5.74) is 0.714. The Kier molecular flexibility index (Phi) is 3.69. The summed E-state index contributed by atoms with van der Waals surface area (Å²) < 4.78 is 5.66. The molecule has 0 aliphatic carbocycles. The lowest BCUT2D eigenvalue weighted by Gasteiger charge is -2.35. The molecule has 1 saturated heterocycles. The van der Waals surface area contributed by atoms with E-state index >= 15 is 0 Å². The van der Waals surface area contributed by atoms with Crippen LogP contribution in [-0.2, 0) is 14.9 Å². The predicted octanol–water partition coefficient (Wildman–Crippen LogP) is 2.32. The minimum atomic E-state index is -0.488. The molecule has 0 spiro atoms. The van der Waals surface area contributed by atoms with E-state index in [1.165, 1.54) is 0 Å². The van der Waals surface area contributed by atoms with Crippen molar-refractivity contribution in [2.45, 2.75) is 65.0 Å². The van der Waals surface area contributed by atoms with Crippen LogP contribution in [0.2, 0.25) is 0 Å². The molecule has 118 valence electrons. The third-order valence-electron chi connectivity index (χ3n) is 4.20. The Morgan fingerprint density at radius 2 is 2.00 bits per heavy atom. The van der Waals surface area contributed by atoms with Crippen molar-refractivity contribution >= 4 is 5.97 Å². The molecule has 2 unspecified atom stereocenters. The van der Waals surface area contributed by atoms with Crippen LogP contribution in [-0.4, -0.2) is 33.9 Å². The number of nitrogens with one attached hydrogen (secondary N) is 2. The van der Waals surface area contributed by atoms with Gasteiger partial charge < -0.3 is 10.1 Å². The monoisotopic (exact) mass is 293 g/mol. The summed E-state index contributed by atoms with van der Waals surface area (Å²) in [6, 6.07) is 2.01. The van der Waals surface area contributed by atoms with Crippen LogP contribution in [0.3, 0.4) is 0 Å². The Labute approximate surface area is 126 Å². The van der Waals surface area contributed by atoms with E-state index < -0.39 is 5.60 Å². The molecule has 1 aromatic heterocycles. The van der Waals surface area contributed by atoms with Crippen LogP contribution in [0.1, 0.15) is 52.9 Å². The molecule has 2 rings (SSSR count). The minimum absolute atomic E-state index is 0.166. The number of hydrogen-bond donors (Lipinski definition) is 2.